The first-order valence-corrected chi connectivity index (χ1v) is 5.72. The van der Waals surface area contributed by atoms with E-state index in [0.29, 0.717) is 0 Å². The predicted molar refractivity (Wildman–Crippen MR) is 74.7 cm³/mol. The molecule has 0 spiro atoms. The van der Waals surface area contributed by atoms with Crippen molar-refractivity contribution in [3.63, 3.8) is 0 Å². The van der Waals surface area contributed by atoms with Crippen LogP contribution in [0.15, 0.2) is 24.3 Å². The molecule has 5 N–H and O–H groups in total. The van der Waals surface area contributed by atoms with Crippen molar-refractivity contribution in [3.8, 4) is 5.75 Å². The van der Waals surface area contributed by atoms with Gasteiger partial charge in [0.05, 0.1) is 18.7 Å². The van der Waals surface area contributed by atoms with Crippen molar-refractivity contribution in [1.29, 1.82) is 0 Å². The molecule has 0 bridgehead atoms. The zero-order valence-electron chi connectivity index (χ0n) is 11.0. The molecule has 0 aromatic heterocycles. The molecule has 0 saturated heterocycles. The Morgan fingerprint density at radius 2 is 1.90 bits per heavy atom. The molecule has 0 aliphatic carbocycles. The van der Waals surface area contributed by atoms with Gasteiger partial charge >= 0.3 is 0 Å². The Balaban J connectivity index is 0.00000400. The fraction of sp³-hybridized carbons (Fsp3) is 0.333. The summed E-state index contributed by atoms with van der Waals surface area (Å²) in [5.74, 6) is -4.56. The molecule has 0 unspecified atom stereocenters. The molecular weight excluding hydrogens is 308 g/mol. The molecule has 0 fully saturated rings. The lowest BCUT2D eigenvalue weighted by Gasteiger charge is -2.15. The molecule has 0 atom stereocenters. The zero-order valence-corrected chi connectivity index (χ0v) is 11.8. The van der Waals surface area contributed by atoms with Crippen LogP contribution in [0, 0.1) is 0 Å². The Hall–Kier alpha value is -1.93. The second kappa shape index (κ2) is 8.38. The standard InChI is InChI=1S/C12H15F2N3O3.ClH/c13-12(14,6-15)7-17-11(19)8-3-1-2-4-9(8)20-5-10(16)18;/h1-4H,5-7,15H2,(H2,16,18)(H,17,19);1H. The predicted octanol–water partition coefficient (Wildman–Crippen LogP) is 0.296. The number of carbonyl (C=O) groups excluding carboxylic acids is 2. The van der Waals surface area contributed by atoms with Crippen LogP contribution in [0.5, 0.6) is 5.75 Å². The highest BCUT2D eigenvalue weighted by molar-refractivity contribution is 5.97. The molecule has 21 heavy (non-hydrogen) atoms. The van der Waals surface area contributed by atoms with Gasteiger partial charge in [0.15, 0.2) is 6.61 Å². The minimum Gasteiger partial charge on any atom is -0.483 e. The Labute approximate surface area is 126 Å². The number of rotatable bonds is 7. The van der Waals surface area contributed by atoms with Gasteiger partial charge < -0.3 is 21.5 Å². The van der Waals surface area contributed by atoms with Gasteiger partial charge in [-0.25, -0.2) is 8.78 Å². The molecule has 118 valence electrons. The van der Waals surface area contributed by atoms with E-state index in [1.54, 1.807) is 6.07 Å². The van der Waals surface area contributed by atoms with Crippen LogP contribution in [0.3, 0.4) is 0 Å². The van der Waals surface area contributed by atoms with Crippen LogP contribution in [0.1, 0.15) is 10.4 Å². The summed E-state index contributed by atoms with van der Waals surface area (Å²) in [6.45, 7) is -2.16. The number of carbonyl (C=O) groups is 2. The number of halogens is 3. The van der Waals surface area contributed by atoms with Crippen LogP contribution >= 0.6 is 12.4 Å². The topological polar surface area (TPSA) is 107 Å². The summed E-state index contributed by atoms with van der Waals surface area (Å²) in [4.78, 5) is 22.4. The van der Waals surface area contributed by atoms with Crippen LogP contribution in [0.4, 0.5) is 8.78 Å². The molecule has 1 rings (SSSR count). The Kier molecular flexibility index (Phi) is 7.61. The van der Waals surface area contributed by atoms with Crippen molar-refractivity contribution in [3.05, 3.63) is 29.8 Å². The Morgan fingerprint density at radius 3 is 2.48 bits per heavy atom. The van der Waals surface area contributed by atoms with Crippen LogP contribution in [-0.4, -0.2) is 37.4 Å². The lowest BCUT2D eigenvalue weighted by Crippen LogP contribution is -2.41. The first-order chi connectivity index (χ1) is 9.35. The quantitative estimate of drug-likeness (QED) is 0.670. The summed E-state index contributed by atoms with van der Waals surface area (Å²) >= 11 is 0. The van der Waals surface area contributed by atoms with E-state index in [4.69, 9.17) is 16.2 Å². The van der Waals surface area contributed by atoms with Gasteiger partial charge in [-0.05, 0) is 12.1 Å². The maximum atomic E-state index is 13.0. The number of nitrogens with two attached hydrogens (primary N) is 2. The largest absolute Gasteiger partial charge is 0.483 e. The highest BCUT2D eigenvalue weighted by Crippen LogP contribution is 2.18. The van der Waals surface area contributed by atoms with E-state index in [9.17, 15) is 18.4 Å². The molecule has 1 aromatic carbocycles. The normalized spacial score (nSPS) is 10.4. The monoisotopic (exact) mass is 323 g/mol. The minimum absolute atomic E-state index is 0. The van der Waals surface area contributed by atoms with Gasteiger partial charge in [-0.2, -0.15) is 0 Å². The molecule has 0 aliphatic heterocycles. The highest BCUT2D eigenvalue weighted by atomic mass is 35.5. The molecular formula is C12H16ClF2N3O3. The Morgan fingerprint density at radius 1 is 1.29 bits per heavy atom. The number of amides is 2. The molecule has 1 aromatic rings. The van der Waals surface area contributed by atoms with Crippen molar-refractivity contribution in [2.24, 2.45) is 11.5 Å². The van der Waals surface area contributed by atoms with Crippen LogP contribution in [0.2, 0.25) is 0 Å². The van der Waals surface area contributed by atoms with Gasteiger partial charge in [-0.3, -0.25) is 9.59 Å². The second-order valence-corrected chi connectivity index (χ2v) is 3.99. The third-order valence-corrected chi connectivity index (χ3v) is 2.31. The van der Waals surface area contributed by atoms with Gasteiger partial charge in [0.2, 0.25) is 0 Å². The summed E-state index contributed by atoms with van der Waals surface area (Å²) in [7, 11) is 0. The van der Waals surface area contributed by atoms with E-state index in [1.807, 2.05) is 0 Å². The summed E-state index contributed by atoms with van der Waals surface area (Å²) in [6, 6.07) is 5.92. The Bertz CT molecular complexity index is 500. The van der Waals surface area contributed by atoms with Crippen molar-refractivity contribution in [1.82, 2.24) is 5.32 Å². The molecule has 9 heteroatoms. The first-order valence-electron chi connectivity index (χ1n) is 5.72. The van der Waals surface area contributed by atoms with Crippen molar-refractivity contribution in [2.45, 2.75) is 5.92 Å². The van der Waals surface area contributed by atoms with E-state index < -0.39 is 37.4 Å². The van der Waals surface area contributed by atoms with Crippen LogP contribution < -0.4 is 21.5 Å². The third kappa shape index (κ3) is 6.37. The number of alkyl halides is 2. The van der Waals surface area contributed by atoms with Gasteiger partial charge in [0, 0.05) is 0 Å². The average molecular weight is 324 g/mol. The fourth-order valence-corrected chi connectivity index (χ4v) is 1.31. The third-order valence-electron chi connectivity index (χ3n) is 2.31. The van der Waals surface area contributed by atoms with Crippen molar-refractivity contribution >= 4 is 24.2 Å². The lowest BCUT2D eigenvalue weighted by atomic mass is 10.2. The van der Waals surface area contributed by atoms with E-state index >= 15 is 0 Å². The number of primary amides is 1. The summed E-state index contributed by atoms with van der Waals surface area (Å²) in [6.07, 6.45) is 0. The average Bonchev–Trinajstić information content (AvgIpc) is 2.43. The number of para-hydroxylation sites is 1. The first kappa shape index (κ1) is 19.1. The summed E-state index contributed by atoms with van der Waals surface area (Å²) in [5.41, 5.74) is 9.82. The van der Waals surface area contributed by atoms with Crippen molar-refractivity contribution in [2.75, 3.05) is 19.7 Å². The SMILES string of the molecule is Cl.NCC(F)(F)CNC(=O)c1ccccc1OCC(N)=O. The van der Waals surface area contributed by atoms with Gasteiger partial charge in [-0.15, -0.1) is 12.4 Å². The number of nitrogens with one attached hydrogen (secondary N) is 1. The molecule has 0 radical (unpaired) electrons. The zero-order chi connectivity index (χ0) is 15.2. The van der Waals surface area contributed by atoms with Crippen LogP contribution in [0.25, 0.3) is 0 Å². The summed E-state index contributed by atoms with van der Waals surface area (Å²) in [5, 5.41) is 2.05. The van der Waals surface area contributed by atoms with E-state index in [2.05, 4.69) is 5.32 Å². The molecule has 0 aliphatic rings. The molecule has 6 nitrogen and oxygen atoms in total. The lowest BCUT2D eigenvalue weighted by molar-refractivity contribution is -0.119. The number of ether oxygens (including phenoxy) is 1. The number of hydrogen-bond donors (Lipinski definition) is 3. The number of benzene rings is 1. The van der Waals surface area contributed by atoms with E-state index in [0.717, 1.165) is 0 Å². The maximum absolute atomic E-state index is 13.0. The maximum Gasteiger partial charge on any atom is 0.277 e. The minimum atomic E-state index is -3.18. The second-order valence-electron chi connectivity index (χ2n) is 3.99. The molecule has 2 amide bonds. The van der Waals surface area contributed by atoms with Crippen molar-refractivity contribution < 1.29 is 23.1 Å². The van der Waals surface area contributed by atoms with Gasteiger partial charge in [-0.1, -0.05) is 12.1 Å². The van der Waals surface area contributed by atoms with E-state index in [-0.39, 0.29) is 23.7 Å². The smallest absolute Gasteiger partial charge is 0.277 e. The molecule has 0 saturated carbocycles. The molecule has 0 heterocycles. The van der Waals surface area contributed by atoms with Crippen LogP contribution in [-0.2, 0) is 4.79 Å². The fourth-order valence-electron chi connectivity index (χ4n) is 1.31. The highest BCUT2D eigenvalue weighted by Gasteiger charge is 2.27. The van der Waals surface area contributed by atoms with E-state index in [1.165, 1.54) is 18.2 Å². The number of hydrogen-bond acceptors (Lipinski definition) is 4. The van der Waals surface area contributed by atoms with Gasteiger partial charge in [0.25, 0.3) is 17.7 Å². The van der Waals surface area contributed by atoms with Gasteiger partial charge in [0.1, 0.15) is 5.75 Å². The summed E-state index contributed by atoms with van der Waals surface area (Å²) < 4.78 is 30.9.